The third kappa shape index (κ3) is 11.4. The van der Waals surface area contributed by atoms with Crippen molar-refractivity contribution in [1.29, 1.82) is 0 Å². The van der Waals surface area contributed by atoms with Crippen molar-refractivity contribution < 1.29 is 24.5 Å². The average molecular weight is 1030 g/mol. The van der Waals surface area contributed by atoms with Gasteiger partial charge in [0.05, 0.1) is 11.4 Å². The smallest absolute Gasteiger partial charge is 0.537 e. The summed E-state index contributed by atoms with van der Waals surface area (Å²) in [6.45, 7) is 27.0. The van der Waals surface area contributed by atoms with E-state index < -0.39 is 7.12 Å². The van der Waals surface area contributed by atoms with Crippen LogP contribution in [-0.2, 0) is 21.7 Å². The zero-order valence-electron chi connectivity index (χ0n) is 47.2. The maximum Gasteiger partial charge on any atom is 0.569 e. The normalized spacial score (nSPS) is 12.6. The van der Waals surface area contributed by atoms with Gasteiger partial charge >= 0.3 is 14.8 Å². The lowest BCUT2D eigenvalue weighted by atomic mass is 9.80. The summed E-state index contributed by atoms with van der Waals surface area (Å²) in [6.07, 6.45) is 0. The van der Waals surface area contributed by atoms with Gasteiger partial charge in [0.25, 0.3) is 0 Å². The number of fused-ring (bicyclic) bond motifs is 2. The zero-order chi connectivity index (χ0) is 55.5. The second-order valence-corrected chi connectivity index (χ2v) is 25.1. The van der Waals surface area contributed by atoms with Gasteiger partial charge in [0.2, 0.25) is 0 Å². The monoisotopic (exact) mass is 1030 g/mol. The molecule has 0 atom stereocenters. The van der Waals surface area contributed by atoms with Crippen LogP contribution in [0.2, 0.25) is 0 Å². The number of hydrogen-bond donors (Lipinski definition) is 3. The van der Waals surface area contributed by atoms with Gasteiger partial charge in [-0.3, -0.25) is 0 Å². The predicted molar refractivity (Wildman–Crippen MR) is 327 cm³/mol. The van der Waals surface area contributed by atoms with Crippen molar-refractivity contribution in [3.63, 3.8) is 0 Å². The molecule has 10 rings (SSSR count). The van der Waals surface area contributed by atoms with Gasteiger partial charge in [0.1, 0.15) is 5.75 Å². The molecule has 0 aromatic heterocycles. The van der Waals surface area contributed by atoms with E-state index in [4.69, 9.17) is 9.39 Å². The molecule has 0 saturated carbocycles. The Bertz CT molecular complexity index is 3320. The molecule has 1 aliphatic heterocycles. The van der Waals surface area contributed by atoms with Crippen LogP contribution in [0.4, 0.5) is 17.1 Å². The first-order valence-corrected chi connectivity index (χ1v) is 27.0. The Morgan fingerprint density at radius 3 is 0.962 bits per heavy atom. The highest BCUT2D eigenvalue weighted by Crippen LogP contribution is 2.53. The highest BCUT2D eigenvalue weighted by Gasteiger charge is 2.30. The van der Waals surface area contributed by atoms with Crippen LogP contribution < -0.4 is 19.8 Å². The van der Waals surface area contributed by atoms with Crippen LogP contribution >= 0.6 is 0 Å². The average Bonchev–Trinajstić information content (AvgIpc) is 3.61. The summed E-state index contributed by atoms with van der Waals surface area (Å²) in [6, 6.07) is 67.3. The van der Waals surface area contributed by atoms with Gasteiger partial charge in [-0.25, -0.2) is 0 Å². The van der Waals surface area contributed by atoms with Gasteiger partial charge < -0.3 is 29.4 Å². The van der Waals surface area contributed by atoms with E-state index in [1.54, 1.807) is 24.3 Å². The van der Waals surface area contributed by atoms with Gasteiger partial charge in [-0.2, -0.15) is 0 Å². The van der Waals surface area contributed by atoms with Crippen LogP contribution in [0.3, 0.4) is 0 Å². The summed E-state index contributed by atoms with van der Waals surface area (Å²) in [4.78, 5) is 2.16. The van der Waals surface area contributed by atoms with Crippen LogP contribution in [0.5, 0.6) is 17.2 Å². The van der Waals surface area contributed by atoms with Gasteiger partial charge in [0.15, 0.2) is 11.5 Å². The molecule has 0 fully saturated rings. The van der Waals surface area contributed by atoms with Crippen LogP contribution in [0, 0.1) is 0 Å². The summed E-state index contributed by atoms with van der Waals surface area (Å²) < 4.78 is 12.0. The Morgan fingerprint density at radius 2 is 0.654 bits per heavy atom. The first kappa shape index (κ1) is 53.8. The third-order valence-electron chi connectivity index (χ3n) is 15.1. The molecule has 0 amide bonds. The maximum atomic E-state index is 10.4. The molecule has 0 unspecified atom stereocenters. The molecule has 391 valence electrons. The second kappa shape index (κ2) is 20.6. The Kier molecular flexibility index (Phi) is 14.2. The van der Waals surface area contributed by atoms with Crippen molar-refractivity contribution in [1.82, 2.24) is 0 Å². The molecular weight excluding hydrogens is 956 g/mol. The molecule has 6 nitrogen and oxygen atoms in total. The molecule has 1 aliphatic rings. The van der Waals surface area contributed by atoms with Crippen LogP contribution in [-0.4, -0.2) is 29.9 Å². The van der Waals surface area contributed by atoms with Crippen molar-refractivity contribution in [2.24, 2.45) is 0 Å². The quantitative estimate of drug-likeness (QED) is 0.118. The van der Waals surface area contributed by atoms with Crippen molar-refractivity contribution in [2.75, 3.05) is 4.90 Å². The molecule has 0 saturated heterocycles. The fourth-order valence-electron chi connectivity index (χ4n) is 10.4. The van der Waals surface area contributed by atoms with E-state index in [-0.39, 0.29) is 27.1 Å². The summed E-state index contributed by atoms with van der Waals surface area (Å²) in [5, 5.41) is 30.5. The molecule has 9 aromatic rings. The van der Waals surface area contributed by atoms with E-state index in [2.05, 4.69) is 240 Å². The van der Waals surface area contributed by atoms with Gasteiger partial charge in [0, 0.05) is 11.8 Å². The number of ether oxygens (including phenoxy) is 1. The highest BCUT2D eigenvalue weighted by atomic mass is 16.5. The van der Waals surface area contributed by atoms with Crippen molar-refractivity contribution in [3.8, 4) is 84.0 Å². The lowest BCUT2D eigenvalue weighted by Crippen LogP contribution is -2.30. The van der Waals surface area contributed by atoms with E-state index in [1.807, 2.05) is 12.1 Å². The Labute approximate surface area is 463 Å². The Balaban J connectivity index is 1.25. The third-order valence-corrected chi connectivity index (χ3v) is 15.1. The van der Waals surface area contributed by atoms with E-state index in [9.17, 15) is 15.1 Å². The van der Waals surface area contributed by atoms with E-state index >= 15 is 0 Å². The van der Waals surface area contributed by atoms with E-state index in [1.165, 1.54) is 22.3 Å². The zero-order valence-corrected chi connectivity index (χ0v) is 47.2. The topological polar surface area (TPSA) is 82.4 Å². The van der Waals surface area contributed by atoms with E-state index in [0.29, 0.717) is 30.6 Å². The molecule has 3 N–H and O–H groups in total. The first-order chi connectivity index (χ1) is 36.9. The fraction of sp³-hybridized carbons (Fsp3) is 0.229. The molecule has 8 heteroatoms. The van der Waals surface area contributed by atoms with Gasteiger partial charge in [-0.05, 0) is 195 Å². The van der Waals surface area contributed by atoms with Crippen molar-refractivity contribution in [3.05, 3.63) is 210 Å². The minimum atomic E-state index is -1.71. The molecule has 0 spiro atoms. The first-order valence-electron chi connectivity index (χ1n) is 27.0. The minimum Gasteiger partial charge on any atom is -0.537 e. The summed E-state index contributed by atoms with van der Waals surface area (Å²) >= 11 is 0. The minimum absolute atomic E-state index is 0.00215. The molecule has 9 aromatic carbocycles. The standard InChI is InChI=1S/C70H70B2NO5/c1-67(2,3)56-21-13-44(14-22-56)48-33-49(45-15-23-57(24-16-45)68(4,5)6)36-52(35-48)54-39-55(41-61(40-54)73-63-31-29-60(72(75)76)42-65(63)77-66-43-62(78-71-74)30-32-64(66)73)53-37-50(46-17-25-58(26-18-46)69(7,8)9)34-51(38-53)47-19-27-59(28-20-47)70(10,11)12/h13-43,74-76H,1-12H3. The van der Waals surface area contributed by atoms with Crippen LogP contribution in [0.1, 0.15) is 105 Å². The lowest BCUT2D eigenvalue weighted by Gasteiger charge is -2.34. The summed E-state index contributed by atoms with van der Waals surface area (Å²) in [7, 11) is -1.07. The van der Waals surface area contributed by atoms with Crippen LogP contribution in [0.25, 0.3) is 66.8 Å². The SMILES string of the molecule is CC(C)(C)c1ccc(-c2cc(-c3ccc(C(C)(C)C)cc3)cc(-c3cc(-c4cc(-c5ccc(C(C)(C)C)cc5)cc(-c5ccc(C(C)(C)C)cc5)c4)cc(N4c5ccc(O[B]O)cc5Oc5cc(B(O)O)ccc54)c3)c2)cc1. The van der Waals surface area contributed by atoms with Gasteiger partial charge in [-0.15, -0.1) is 0 Å². The fourth-order valence-corrected chi connectivity index (χ4v) is 10.4. The second-order valence-electron chi connectivity index (χ2n) is 25.1. The van der Waals surface area contributed by atoms with Crippen molar-refractivity contribution >= 4 is 37.3 Å². The molecule has 78 heavy (non-hydrogen) atoms. The summed E-state index contributed by atoms with van der Waals surface area (Å²) in [5.41, 5.74) is 20.6. The molecular formula is C70H70B2NO5. The maximum absolute atomic E-state index is 10.4. The number of benzene rings is 9. The Hall–Kier alpha value is -7.61. The largest absolute Gasteiger partial charge is 0.569 e. The Morgan fingerprint density at radius 1 is 0.359 bits per heavy atom. The lowest BCUT2D eigenvalue weighted by molar-refractivity contribution is 0.424. The molecule has 1 heterocycles. The van der Waals surface area contributed by atoms with Gasteiger partial charge in [-0.1, -0.05) is 186 Å². The molecule has 1 radical (unpaired) electrons. The van der Waals surface area contributed by atoms with Crippen molar-refractivity contribution in [2.45, 2.75) is 105 Å². The predicted octanol–water partition coefficient (Wildman–Crippen LogP) is 17.0. The number of rotatable bonds is 10. The van der Waals surface area contributed by atoms with Crippen LogP contribution in [0.15, 0.2) is 188 Å². The number of hydrogen-bond acceptors (Lipinski definition) is 6. The number of nitrogens with zero attached hydrogens (tertiary/aromatic N) is 1. The molecule has 0 aliphatic carbocycles. The highest BCUT2D eigenvalue weighted by molar-refractivity contribution is 6.58. The number of anilines is 3. The summed E-state index contributed by atoms with van der Waals surface area (Å²) in [5.74, 6) is 1.26. The molecule has 0 bridgehead atoms. The van der Waals surface area contributed by atoms with E-state index in [0.717, 1.165) is 78.1 Å².